The fourth-order valence-corrected chi connectivity index (χ4v) is 4.34. The molecule has 0 aromatic heterocycles. The molecule has 1 saturated heterocycles. The van der Waals surface area contributed by atoms with Gasteiger partial charge in [-0.15, -0.1) is 0 Å². The molecule has 1 aliphatic heterocycles. The van der Waals surface area contributed by atoms with Crippen LogP contribution in [0, 0.1) is 11.8 Å². The Morgan fingerprint density at radius 3 is 2.68 bits per heavy atom. The van der Waals surface area contributed by atoms with E-state index in [-0.39, 0.29) is 24.8 Å². The van der Waals surface area contributed by atoms with Crippen LogP contribution >= 0.6 is 0 Å². The minimum atomic E-state index is -0.356. The molecule has 5 heteroatoms. The summed E-state index contributed by atoms with van der Waals surface area (Å²) in [5.74, 6) is 1.82. The van der Waals surface area contributed by atoms with Crippen molar-refractivity contribution in [1.29, 1.82) is 0 Å². The Bertz CT molecular complexity index is 614. The third kappa shape index (κ3) is 4.53. The van der Waals surface area contributed by atoms with E-state index >= 15 is 0 Å². The van der Waals surface area contributed by atoms with Gasteiger partial charge in [0.1, 0.15) is 5.75 Å². The van der Waals surface area contributed by atoms with Crippen molar-refractivity contribution in [2.45, 2.75) is 51.5 Å². The van der Waals surface area contributed by atoms with Gasteiger partial charge >= 0.3 is 0 Å². The Kier molecular flexibility index (Phi) is 5.61. The van der Waals surface area contributed by atoms with Crippen LogP contribution in [-0.2, 0) is 16.0 Å². The number of fused-ring (bicyclic) bond motifs is 1. The molecular formula is C20H28N2O3. The zero-order chi connectivity index (χ0) is 17.8. The van der Waals surface area contributed by atoms with Gasteiger partial charge in [0.15, 0.2) is 6.61 Å². The van der Waals surface area contributed by atoms with Crippen LogP contribution < -0.4 is 10.5 Å². The molecule has 0 unspecified atom stereocenters. The van der Waals surface area contributed by atoms with Gasteiger partial charge in [0.2, 0.25) is 5.91 Å². The molecule has 2 aliphatic rings. The lowest BCUT2D eigenvalue weighted by molar-refractivity contribution is -0.140. The number of likely N-dealkylation sites (tertiary alicyclic amines) is 1. The summed E-state index contributed by atoms with van der Waals surface area (Å²) in [7, 11) is 0. The average Bonchev–Trinajstić information content (AvgIpc) is 2.59. The second-order valence-corrected chi connectivity index (χ2v) is 7.55. The second kappa shape index (κ2) is 7.89. The van der Waals surface area contributed by atoms with Crippen molar-refractivity contribution >= 4 is 11.8 Å². The molecule has 5 nitrogen and oxygen atoms in total. The van der Waals surface area contributed by atoms with E-state index < -0.39 is 0 Å². The topological polar surface area (TPSA) is 72.6 Å². The van der Waals surface area contributed by atoms with E-state index in [1.54, 1.807) is 12.1 Å². The van der Waals surface area contributed by atoms with E-state index in [0.717, 1.165) is 30.9 Å². The number of nitrogens with zero attached hydrogens (tertiary/aromatic N) is 1. The number of nitrogens with two attached hydrogens (primary N) is 1. The predicted molar refractivity (Wildman–Crippen MR) is 96.1 cm³/mol. The normalized spacial score (nSPS) is 26.0. The molecule has 0 bridgehead atoms. The van der Waals surface area contributed by atoms with E-state index in [9.17, 15) is 9.59 Å². The first-order valence-corrected chi connectivity index (χ1v) is 9.32. The Labute approximate surface area is 149 Å². The number of benzene rings is 1. The first-order valence-electron chi connectivity index (χ1n) is 9.32. The molecule has 2 fully saturated rings. The monoisotopic (exact) mass is 344 g/mol. The van der Waals surface area contributed by atoms with Crippen LogP contribution in [0.3, 0.4) is 0 Å². The van der Waals surface area contributed by atoms with Crippen LogP contribution in [0.15, 0.2) is 24.3 Å². The summed E-state index contributed by atoms with van der Waals surface area (Å²) in [6.07, 6.45) is 6.15. The molecule has 1 saturated carbocycles. The highest BCUT2D eigenvalue weighted by Crippen LogP contribution is 2.37. The van der Waals surface area contributed by atoms with E-state index in [0.29, 0.717) is 17.7 Å². The summed E-state index contributed by atoms with van der Waals surface area (Å²) in [4.78, 5) is 25.6. The minimum Gasteiger partial charge on any atom is -0.484 e. The molecule has 1 aromatic rings. The molecule has 3 rings (SSSR count). The van der Waals surface area contributed by atoms with Crippen molar-refractivity contribution in [2.75, 3.05) is 13.2 Å². The van der Waals surface area contributed by atoms with Gasteiger partial charge in [-0.05, 0) is 61.6 Å². The fraction of sp³-hybridized carbons (Fsp3) is 0.600. The smallest absolute Gasteiger partial charge is 0.260 e. The van der Waals surface area contributed by atoms with Crippen molar-refractivity contribution in [3.8, 4) is 5.75 Å². The third-order valence-electron chi connectivity index (χ3n) is 5.56. The van der Waals surface area contributed by atoms with Gasteiger partial charge in [-0.25, -0.2) is 0 Å². The summed E-state index contributed by atoms with van der Waals surface area (Å²) in [5.41, 5.74) is 6.03. The first-order chi connectivity index (χ1) is 12.0. The van der Waals surface area contributed by atoms with Crippen LogP contribution in [0.25, 0.3) is 0 Å². The van der Waals surface area contributed by atoms with Gasteiger partial charge in [0, 0.05) is 12.6 Å². The summed E-state index contributed by atoms with van der Waals surface area (Å²) in [5, 5.41) is 0. The molecule has 0 spiro atoms. The molecule has 1 aliphatic carbocycles. The molecular weight excluding hydrogens is 316 g/mol. The lowest BCUT2D eigenvalue weighted by atomic mass is 9.74. The number of piperidine rings is 1. The van der Waals surface area contributed by atoms with Gasteiger partial charge in [-0.1, -0.05) is 19.1 Å². The summed E-state index contributed by atoms with van der Waals surface area (Å²) in [6.45, 7) is 3.26. The van der Waals surface area contributed by atoms with Crippen molar-refractivity contribution in [1.82, 2.24) is 4.90 Å². The number of ether oxygens (including phenoxy) is 1. The highest BCUT2D eigenvalue weighted by Gasteiger charge is 2.37. The second-order valence-electron chi connectivity index (χ2n) is 7.55. The Morgan fingerprint density at radius 1 is 1.20 bits per heavy atom. The predicted octanol–water partition coefficient (Wildman–Crippen LogP) is 2.52. The van der Waals surface area contributed by atoms with Crippen LogP contribution in [0.4, 0.5) is 0 Å². The fourth-order valence-electron chi connectivity index (χ4n) is 4.34. The molecule has 3 atom stereocenters. The van der Waals surface area contributed by atoms with Gasteiger partial charge < -0.3 is 15.4 Å². The van der Waals surface area contributed by atoms with Crippen LogP contribution in [0.1, 0.15) is 44.6 Å². The van der Waals surface area contributed by atoms with Crippen molar-refractivity contribution in [3.05, 3.63) is 29.8 Å². The first kappa shape index (κ1) is 17.8. The highest BCUT2D eigenvalue weighted by atomic mass is 16.5. The molecule has 2 amide bonds. The Hall–Kier alpha value is -2.04. The SMILES string of the molecule is C[C@@H]1CC[C@H]2[C@H](CCCN2C(=O)COc2ccc(CC(N)=O)cc2)C1. The van der Waals surface area contributed by atoms with Crippen molar-refractivity contribution < 1.29 is 14.3 Å². The maximum atomic E-state index is 12.7. The van der Waals surface area contributed by atoms with Crippen LogP contribution in [-0.4, -0.2) is 35.9 Å². The molecule has 0 radical (unpaired) electrons. The van der Waals surface area contributed by atoms with E-state index in [1.165, 1.54) is 19.3 Å². The van der Waals surface area contributed by atoms with Gasteiger partial charge in [-0.3, -0.25) is 9.59 Å². The average molecular weight is 344 g/mol. The molecule has 1 aromatic carbocycles. The zero-order valence-electron chi connectivity index (χ0n) is 14.9. The highest BCUT2D eigenvalue weighted by molar-refractivity contribution is 5.78. The summed E-state index contributed by atoms with van der Waals surface area (Å²) >= 11 is 0. The van der Waals surface area contributed by atoms with Gasteiger partial charge in [0.05, 0.1) is 6.42 Å². The maximum Gasteiger partial charge on any atom is 0.260 e. The number of carbonyl (C=O) groups excluding carboxylic acids is 2. The van der Waals surface area contributed by atoms with Crippen LogP contribution in [0.2, 0.25) is 0 Å². The molecule has 2 N–H and O–H groups in total. The Morgan fingerprint density at radius 2 is 1.96 bits per heavy atom. The quantitative estimate of drug-likeness (QED) is 0.892. The number of primary amides is 1. The van der Waals surface area contributed by atoms with Gasteiger partial charge in [-0.2, -0.15) is 0 Å². The van der Waals surface area contributed by atoms with Gasteiger partial charge in [0.25, 0.3) is 5.91 Å². The minimum absolute atomic E-state index is 0.0773. The van der Waals surface area contributed by atoms with E-state index in [1.807, 2.05) is 12.1 Å². The van der Waals surface area contributed by atoms with E-state index in [4.69, 9.17) is 10.5 Å². The number of rotatable bonds is 5. The lowest BCUT2D eigenvalue weighted by Crippen LogP contribution is -2.51. The molecule has 25 heavy (non-hydrogen) atoms. The number of hydrogen-bond acceptors (Lipinski definition) is 3. The number of amides is 2. The zero-order valence-corrected chi connectivity index (χ0v) is 14.9. The maximum absolute atomic E-state index is 12.7. The molecule has 136 valence electrons. The Balaban J connectivity index is 1.54. The standard InChI is InChI=1S/C20H28N2O3/c1-14-4-9-18-16(11-14)3-2-10-22(18)20(24)13-25-17-7-5-15(6-8-17)12-19(21)23/h5-8,14,16,18H,2-4,9-13H2,1H3,(H2,21,23)/t14-,16-,18+/m1/s1. The van der Waals surface area contributed by atoms with Crippen LogP contribution in [0.5, 0.6) is 5.75 Å². The summed E-state index contributed by atoms with van der Waals surface area (Å²) in [6, 6.07) is 7.59. The number of hydrogen-bond donors (Lipinski definition) is 1. The largest absolute Gasteiger partial charge is 0.484 e. The van der Waals surface area contributed by atoms with Crippen molar-refractivity contribution in [2.24, 2.45) is 17.6 Å². The van der Waals surface area contributed by atoms with Crippen molar-refractivity contribution in [3.63, 3.8) is 0 Å². The summed E-state index contributed by atoms with van der Waals surface area (Å²) < 4.78 is 5.67. The third-order valence-corrected chi connectivity index (χ3v) is 5.56. The van der Waals surface area contributed by atoms with E-state index in [2.05, 4.69) is 11.8 Å². The lowest BCUT2D eigenvalue weighted by Gasteiger charge is -2.45. The molecule has 1 heterocycles. The number of carbonyl (C=O) groups is 2.